The van der Waals surface area contributed by atoms with Crippen LogP contribution in [0.5, 0.6) is 0 Å². The molecule has 0 amide bonds. The summed E-state index contributed by atoms with van der Waals surface area (Å²) >= 11 is 12.1. The third-order valence-electron chi connectivity index (χ3n) is 3.06. The fourth-order valence-electron chi connectivity index (χ4n) is 2.16. The molecule has 0 aromatic heterocycles. The van der Waals surface area contributed by atoms with E-state index in [1.807, 2.05) is 13.0 Å². The van der Waals surface area contributed by atoms with E-state index in [4.69, 9.17) is 27.9 Å². The molecule has 5 heteroatoms. The second-order valence-electron chi connectivity index (χ2n) is 4.28. The highest BCUT2D eigenvalue weighted by Gasteiger charge is 2.30. The first-order valence-corrected chi connectivity index (χ1v) is 6.74. The van der Waals surface area contributed by atoms with Crippen molar-refractivity contribution in [1.82, 2.24) is 0 Å². The molecule has 1 aliphatic rings. The lowest BCUT2D eigenvalue weighted by atomic mass is 10.1. The zero-order valence-corrected chi connectivity index (χ0v) is 11.7. The third kappa shape index (κ3) is 2.90. The summed E-state index contributed by atoms with van der Waals surface area (Å²) in [6.07, 6.45) is 0.793. The van der Waals surface area contributed by atoms with Gasteiger partial charge in [-0.1, -0.05) is 23.2 Å². The van der Waals surface area contributed by atoms with Crippen LogP contribution in [0, 0.1) is 5.92 Å². The lowest BCUT2D eigenvalue weighted by molar-refractivity contribution is -0.147. The number of ether oxygens (including phenoxy) is 1. The molecule has 0 spiro atoms. The van der Waals surface area contributed by atoms with Gasteiger partial charge in [0.05, 0.1) is 23.2 Å². The zero-order valence-electron chi connectivity index (χ0n) is 10.2. The van der Waals surface area contributed by atoms with Gasteiger partial charge in [0.15, 0.2) is 0 Å². The Labute approximate surface area is 117 Å². The number of hydrogen-bond acceptors (Lipinski definition) is 3. The first kappa shape index (κ1) is 13.5. The Morgan fingerprint density at radius 1 is 1.50 bits per heavy atom. The van der Waals surface area contributed by atoms with Crippen LogP contribution in [0.2, 0.25) is 10.0 Å². The molecule has 0 aliphatic carbocycles. The molecule has 0 saturated carbocycles. The number of esters is 1. The number of anilines is 1. The summed E-state index contributed by atoms with van der Waals surface area (Å²) in [6.45, 7) is 3.67. The average molecular weight is 288 g/mol. The zero-order chi connectivity index (χ0) is 13.1. The van der Waals surface area contributed by atoms with E-state index in [1.54, 1.807) is 12.1 Å². The molecule has 2 rings (SSSR count). The van der Waals surface area contributed by atoms with Crippen molar-refractivity contribution in [2.75, 3.05) is 24.6 Å². The van der Waals surface area contributed by atoms with E-state index in [0.717, 1.165) is 18.7 Å². The summed E-state index contributed by atoms with van der Waals surface area (Å²) in [5.41, 5.74) is 0.885. The van der Waals surface area contributed by atoms with E-state index >= 15 is 0 Å². The largest absolute Gasteiger partial charge is 0.466 e. The summed E-state index contributed by atoms with van der Waals surface area (Å²) in [7, 11) is 0. The van der Waals surface area contributed by atoms with Gasteiger partial charge in [0, 0.05) is 18.1 Å². The van der Waals surface area contributed by atoms with Crippen LogP contribution in [0.3, 0.4) is 0 Å². The molecular weight excluding hydrogens is 273 g/mol. The van der Waals surface area contributed by atoms with Crippen molar-refractivity contribution in [1.29, 1.82) is 0 Å². The average Bonchev–Trinajstić information content (AvgIpc) is 2.82. The Morgan fingerprint density at radius 3 is 3.00 bits per heavy atom. The smallest absolute Gasteiger partial charge is 0.310 e. The molecule has 0 unspecified atom stereocenters. The van der Waals surface area contributed by atoms with E-state index in [-0.39, 0.29) is 11.9 Å². The quantitative estimate of drug-likeness (QED) is 0.798. The number of rotatable bonds is 3. The topological polar surface area (TPSA) is 29.5 Å². The molecular formula is C13H15Cl2NO2. The Bertz CT molecular complexity index is 451. The van der Waals surface area contributed by atoms with E-state index in [9.17, 15) is 4.79 Å². The van der Waals surface area contributed by atoms with Crippen molar-refractivity contribution < 1.29 is 9.53 Å². The van der Waals surface area contributed by atoms with Crippen LogP contribution in [0.25, 0.3) is 0 Å². The monoisotopic (exact) mass is 287 g/mol. The molecule has 3 nitrogen and oxygen atoms in total. The van der Waals surface area contributed by atoms with E-state index in [0.29, 0.717) is 23.2 Å². The fraction of sp³-hybridized carbons (Fsp3) is 0.462. The first-order chi connectivity index (χ1) is 8.61. The Hall–Kier alpha value is -0.930. The van der Waals surface area contributed by atoms with Crippen molar-refractivity contribution in [2.45, 2.75) is 13.3 Å². The van der Waals surface area contributed by atoms with E-state index < -0.39 is 0 Å². The van der Waals surface area contributed by atoms with Gasteiger partial charge in [-0.05, 0) is 31.5 Å². The minimum absolute atomic E-state index is 0.0694. The molecule has 1 heterocycles. The van der Waals surface area contributed by atoms with Crippen molar-refractivity contribution in [3.63, 3.8) is 0 Å². The molecule has 18 heavy (non-hydrogen) atoms. The molecule has 1 atom stereocenters. The number of halogens is 2. The first-order valence-electron chi connectivity index (χ1n) is 5.98. The van der Waals surface area contributed by atoms with Crippen molar-refractivity contribution in [3.8, 4) is 0 Å². The molecule has 0 radical (unpaired) electrons. The van der Waals surface area contributed by atoms with Gasteiger partial charge in [0.1, 0.15) is 0 Å². The van der Waals surface area contributed by atoms with Gasteiger partial charge >= 0.3 is 5.97 Å². The highest BCUT2D eigenvalue weighted by Crippen LogP contribution is 2.32. The molecule has 0 bridgehead atoms. The maximum absolute atomic E-state index is 11.7. The lowest BCUT2D eigenvalue weighted by Crippen LogP contribution is -2.24. The summed E-state index contributed by atoms with van der Waals surface area (Å²) in [4.78, 5) is 13.7. The fourth-order valence-corrected chi connectivity index (χ4v) is 2.56. The summed E-state index contributed by atoms with van der Waals surface area (Å²) < 4.78 is 5.04. The van der Waals surface area contributed by atoms with Crippen LogP contribution in [-0.4, -0.2) is 25.7 Å². The maximum Gasteiger partial charge on any atom is 0.310 e. The molecule has 1 aromatic carbocycles. The van der Waals surface area contributed by atoms with Crippen LogP contribution >= 0.6 is 23.2 Å². The van der Waals surface area contributed by atoms with Crippen LogP contribution in [-0.2, 0) is 9.53 Å². The van der Waals surface area contributed by atoms with Crippen LogP contribution in [0.15, 0.2) is 18.2 Å². The molecule has 1 aromatic rings. The van der Waals surface area contributed by atoms with Crippen molar-refractivity contribution in [2.24, 2.45) is 5.92 Å². The Balaban J connectivity index is 2.08. The van der Waals surface area contributed by atoms with Gasteiger partial charge in [-0.3, -0.25) is 4.79 Å². The number of nitrogens with zero attached hydrogens (tertiary/aromatic N) is 1. The SMILES string of the molecule is CCOC(=O)[C@@H]1CCN(c2cc(Cl)ccc2Cl)C1. The van der Waals surface area contributed by atoms with Gasteiger partial charge in [-0.2, -0.15) is 0 Å². The van der Waals surface area contributed by atoms with Crippen LogP contribution in [0.1, 0.15) is 13.3 Å². The summed E-state index contributed by atoms with van der Waals surface area (Å²) in [5.74, 6) is -0.196. The second kappa shape index (κ2) is 5.81. The molecule has 1 fully saturated rings. The van der Waals surface area contributed by atoms with E-state index in [1.165, 1.54) is 0 Å². The van der Waals surface area contributed by atoms with Crippen molar-refractivity contribution in [3.05, 3.63) is 28.2 Å². The van der Waals surface area contributed by atoms with Crippen molar-refractivity contribution >= 4 is 34.9 Å². The number of hydrogen-bond donors (Lipinski definition) is 0. The van der Waals surface area contributed by atoms with Gasteiger partial charge in [-0.15, -0.1) is 0 Å². The lowest BCUT2D eigenvalue weighted by Gasteiger charge is -2.20. The standard InChI is InChI=1S/C13H15Cl2NO2/c1-2-18-13(17)9-5-6-16(8-9)12-7-10(14)3-4-11(12)15/h3-4,7,9H,2,5-6,8H2,1H3/t9-/m1/s1. The normalized spacial score (nSPS) is 19.1. The number of benzene rings is 1. The number of carbonyl (C=O) groups excluding carboxylic acids is 1. The predicted octanol–water partition coefficient (Wildman–Crippen LogP) is 3.38. The molecule has 1 saturated heterocycles. The van der Waals surface area contributed by atoms with Gasteiger partial charge in [0.2, 0.25) is 0 Å². The molecule has 1 aliphatic heterocycles. The molecule has 98 valence electrons. The highest BCUT2D eigenvalue weighted by molar-refractivity contribution is 6.35. The minimum atomic E-state index is -0.127. The van der Waals surface area contributed by atoms with Gasteiger partial charge in [-0.25, -0.2) is 0 Å². The van der Waals surface area contributed by atoms with Crippen LogP contribution in [0.4, 0.5) is 5.69 Å². The maximum atomic E-state index is 11.7. The molecule has 0 N–H and O–H groups in total. The second-order valence-corrected chi connectivity index (χ2v) is 5.12. The minimum Gasteiger partial charge on any atom is -0.466 e. The summed E-state index contributed by atoms with van der Waals surface area (Å²) in [5, 5.41) is 1.30. The Morgan fingerprint density at radius 2 is 2.28 bits per heavy atom. The van der Waals surface area contributed by atoms with Crippen LogP contribution < -0.4 is 4.90 Å². The number of carbonyl (C=O) groups is 1. The third-order valence-corrected chi connectivity index (χ3v) is 3.61. The highest BCUT2D eigenvalue weighted by atomic mass is 35.5. The Kier molecular flexibility index (Phi) is 4.36. The predicted molar refractivity (Wildman–Crippen MR) is 73.4 cm³/mol. The van der Waals surface area contributed by atoms with Gasteiger partial charge in [0.25, 0.3) is 0 Å². The summed E-state index contributed by atoms with van der Waals surface area (Å²) in [6, 6.07) is 5.36. The van der Waals surface area contributed by atoms with E-state index in [2.05, 4.69) is 4.90 Å². The van der Waals surface area contributed by atoms with Gasteiger partial charge < -0.3 is 9.64 Å².